The molecule has 2 fully saturated rings. The lowest BCUT2D eigenvalue weighted by Crippen LogP contribution is -2.60. The topological polar surface area (TPSA) is 95.9 Å². The molecule has 10 rings (SSSR count). The molecular formula is C67H64FNO8. The Labute approximate surface area is 451 Å². The van der Waals surface area contributed by atoms with Crippen LogP contribution in [0.4, 0.5) is 10.1 Å². The Kier molecular flexibility index (Phi) is 18.2. The fourth-order valence-electron chi connectivity index (χ4n) is 10.2. The van der Waals surface area contributed by atoms with Crippen LogP contribution in [0.3, 0.4) is 0 Å². The summed E-state index contributed by atoms with van der Waals surface area (Å²) in [4.78, 5) is 16.1. The standard InChI is InChI=1S/C67H64FNO8/c68-55-35-33-54(34-36-55)59(70)39-38-58-63(69(67(58)71)56-29-17-6-18-30-56)57-37-31-48(41-61(57)73-43-50-21-9-2-10-22-50)32-40-60-64(74-44-51-23-11-3-12-24-51)66(76-46-53-27-15-5-16-28-53)65(75-45-52-25-13-4-14-26-52)62(77-60)47-72-42-49-19-7-1-8-20-49/h1-37,40-41,58-60,62-66,70H,38-39,42-47H2/b40-32+/t58-,59+,60+,62?,63-,64?,65+,66-/m1/s1. The number of amides is 1. The molecule has 10 heteroatoms. The fourth-order valence-corrected chi connectivity index (χ4v) is 10.2. The lowest BCUT2D eigenvalue weighted by atomic mass is 9.77. The number of carbonyl (C=O) groups is 1. The number of para-hydroxylation sites is 1. The molecular weight excluding hydrogens is 966 g/mol. The number of rotatable bonds is 24. The molecule has 8 atom stereocenters. The van der Waals surface area contributed by atoms with E-state index in [0.29, 0.717) is 50.6 Å². The van der Waals surface area contributed by atoms with Gasteiger partial charge in [-0.2, -0.15) is 0 Å². The van der Waals surface area contributed by atoms with Gasteiger partial charge in [0.05, 0.1) is 51.1 Å². The number of benzene rings is 8. The number of hydrogen-bond acceptors (Lipinski definition) is 8. The summed E-state index contributed by atoms with van der Waals surface area (Å²) in [6.07, 6.45) is 0.847. The minimum atomic E-state index is -0.872. The highest BCUT2D eigenvalue weighted by molar-refractivity contribution is 6.03. The number of nitrogens with zero attached hydrogens (tertiary/aromatic N) is 1. The van der Waals surface area contributed by atoms with Gasteiger partial charge >= 0.3 is 0 Å². The van der Waals surface area contributed by atoms with Crippen LogP contribution in [0.25, 0.3) is 6.08 Å². The van der Waals surface area contributed by atoms with Gasteiger partial charge in [0.25, 0.3) is 0 Å². The predicted molar refractivity (Wildman–Crippen MR) is 297 cm³/mol. The smallest absolute Gasteiger partial charge is 0.233 e. The van der Waals surface area contributed by atoms with Crippen molar-refractivity contribution >= 4 is 17.7 Å². The van der Waals surface area contributed by atoms with Gasteiger partial charge in [0.2, 0.25) is 5.91 Å². The number of anilines is 1. The van der Waals surface area contributed by atoms with Crippen LogP contribution < -0.4 is 9.64 Å². The number of β-lactam (4-membered cyclic amide) rings is 1. The molecule has 2 aliphatic rings. The average Bonchev–Trinajstić information content (AvgIpc) is 3.49. The molecule has 2 saturated heterocycles. The number of ether oxygens (including phenoxy) is 6. The fraction of sp³-hybridized carbons (Fsp3) is 0.239. The lowest BCUT2D eigenvalue weighted by Gasteiger charge is -2.48. The number of hydrogen-bond donors (Lipinski definition) is 1. The monoisotopic (exact) mass is 1030 g/mol. The summed E-state index contributed by atoms with van der Waals surface area (Å²) in [5, 5.41) is 11.3. The van der Waals surface area contributed by atoms with Crippen LogP contribution in [0, 0.1) is 11.7 Å². The highest BCUT2D eigenvalue weighted by Crippen LogP contribution is 2.49. The molecule has 2 heterocycles. The number of aliphatic hydroxyl groups is 1. The molecule has 0 spiro atoms. The molecule has 2 unspecified atom stereocenters. The lowest BCUT2D eigenvalue weighted by molar-refractivity contribution is -0.263. The zero-order valence-corrected chi connectivity index (χ0v) is 42.9. The molecule has 0 aromatic heterocycles. The quantitative estimate of drug-likeness (QED) is 0.0598. The third-order valence-electron chi connectivity index (χ3n) is 14.2. The predicted octanol–water partition coefficient (Wildman–Crippen LogP) is 13.4. The van der Waals surface area contributed by atoms with Gasteiger partial charge in [0.15, 0.2) is 0 Å². The first kappa shape index (κ1) is 52.9. The van der Waals surface area contributed by atoms with Gasteiger partial charge in [-0.05, 0) is 82.1 Å². The van der Waals surface area contributed by atoms with E-state index in [2.05, 4.69) is 12.1 Å². The molecule has 0 bridgehead atoms. The summed E-state index contributed by atoms with van der Waals surface area (Å²) in [5.41, 5.74) is 8.11. The minimum Gasteiger partial charge on any atom is -0.489 e. The van der Waals surface area contributed by atoms with E-state index in [0.717, 1.165) is 44.6 Å². The van der Waals surface area contributed by atoms with Crippen molar-refractivity contribution in [1.29, 1.82) is 0 Å². The maximum atomic E-state index is 14.3. The van der Waals surface area contributed by atoms with Gasteiger partial charge in [-0.25, -0.2) is 4.39 Å². The van der Waals surface area contributed by atoms with Gasteiger partial charge < -0.3 is 38.4 Å². The third-order valence-corrected chi connectivity index (χ3v) is 14.2. The van der Waals surface area contributed by atoms with E-state index in [1.807, 2.05) is 205 Å². The molecule has 0 aliphatic carbocycles. The van der Waals surface area contributed by atoms with Gasteiger partial charge in [-0.3, -0.25) is 4.79 Å². The zero-order chi connectivity index (χ0) is 52.6. The van der Waals surface area contributed by atoms with Crippen molar-refractivity contribution in [1.82, 2.24) is 0 Å². The van der Waals surface area contributed by atoms with E-state index in [9.17, 15) is 14.3 Å². The third kappa shape index (κ3) is 13.9. The van der Waals surface area contributed by atoms with E-state index in [1.54, 1.807) is 12.1 Å². The highest BCUT2D eigenvalue weighted by Gasteiger charge is 2.50. The van der Waals surface area contributed by atoms with E-state index in [-0.39, 0.29) is 24.9 Å². The maximum absolute atomic E-state index is 14.3. The van der Waals surface area contributed by atoms with Gasteiger partial charge in [-0.1, -0.05) is 206 Å². The van der Waals surface area contributed by atoms with Crippen molar-refractivity contribution in [3.05, 3.63) is 281 Å². The van der Waals surface area contributed by atoms with Crippen LogP contribution in [0.15, 0.2) is 231 Å². The van der Waals surface area contributed by atoms with Crippen molar-refractivity contribution in [3.8, 4) is 5.75 Å². The number of carbonyl (C=O) groups excluding carboxylic acids is 1. The van der Waals surface area contributed by atoms with Gasteiger partial charge in [0.1, 0.15) is 48.7 Å². The molecule has 8 aromatic carbocycles. The van der Waals surface area contributed by atoms with Crippen LogP contribution in [0.5, 0.6) is 5.75 Å². The average molecular weight is 1030 g/mol. The maximum Gasteiger partial charge on any atom is 0.233 e. The van der Waals surface area contributed by atoms with Crippen molar-refractivity contribution in [2.45, 2.75) is 88.5 Å². The highest BCUT2D eigenvalue weighted by atomic mass is 19.1. The molecule has 1 amide bonds. The Morgan fingerprint density at radius 1 is 0.558 bits per heavy atom. The number of aliphatic hydroxyl groups excluding tert-OH is 1. The van der Waals surface area contributed by atoms with Gasteiger partial charge in [0, 0.05) is 11.3 Å². The number of halogens is 1. The zero-order valence-electron chi connectivity index (χ0n) is 42.9. The minimum absolute atomic E-state index is 0.0427. The van der Waals surface area contributed by atoms with E-state index in [1.165, 1.54) is 12.1 Å². The Hall–Kier alpha value is -7.54. The Morgan fingerprint density at radius 2 is 1.05 bits per heavy atom. The van der Waals surface area contributed by atoms with Crippen molar-refractivity contribution in [3.63, 3.8) is 0 Å². The van der Waals surface area contributed by atoms with Crippen molar-refractivity contribution in [2.24, 2.45) is 5.92 Å². The van der Waals surface area contributed by atoms with Crippen LogP contribution in [-0.2, 0) is 61.5 Å². The molecule has 77 heavy (non-hydrogen) atoms. The summed E-state index contributed by atoms with van der Waals surface area (Å²) < 4.78 is 55.2. The second-order valence-electron chi connectivity index (χ2n) is 19.6. The van der Waals surface area contributed by atoms with E-state index in [4.69, 9.17) is 28.4 Å². The Balaban J connectivity index is 1.00. The van der Waals surface area contributed by atoms with Crippen molar-refractivity contribution in [2.75, 3.05) is 11.5 Å². The normalized spacial score (nSPS) is 20.7. The summed E-state index contributed by atoms with van der Waals surface area (Å²) in [6.45, 7) is 1.84. The molecule has 0 radical (unpaired) electrons. The van der Waals surface area contributed by atoms with Crippen molar-refractivity contribution < 1.29 is 42.7 Å². The molecule has 392 valence electrons. The first-order valence-electron chi connectivity index (χ1n) is 26.5. The molecule has 9 nitrogen and oxygen atoms in total. The Bertz CT molecular complexity index is 3080. The summed E-state index contributed by atoms with van der Waals surface area (Å²) in [5.74, 6) is -0.264. The second-order valence-corrected chi connectivity index (χ2v) is 19.6. The van der Waals surface area contributed by atoms with E-state index < -0.39 is 48.6 Å². The summed E-state index contributed by atoms with van der Waals surface area (Å²) in [6, 6.07) is 71.6. The SMILES string of the molecule is O=C1[C@H](CC[C@H](O)c2ccc(F)cc2)[C@@H](c2ccc(/C=C/[C@@H]3OC(COCc4ccccc4)[C@H](OCc4ccccc4)[C@H](OCc4ccccc4)C3OCc3ccccc3)cc2OCc2ccccc2)N1c1ccccc1. The molecule has 1 N–H and O–H groups in total. The van der Waals surface area contributed by atoms with E-state index >= 15 is 0 Å². The Morgan fingerprint density at radius 3 is 1.61 bits per heavy atom. The summed E-state index contributed by atoms with van der Waals surface area (Å²) in [7, 11) is 0. The summed E-state index contributed by atoms with van der Waals surface area (Å²) >= 11 is 0. The van der Waals surface area contributed by atoms with Crippen LogP contribution in [0.1, 0.15) is 69.5 Å². The molecule has 8 aromatic rings. The molecule has 2 aliphatic heterocycles. The first-order chi connectivity index (χ1) is 37.9. The molecule has 0 saturated carbocycles. The van der Waals surface area contributed by atoms with Crippen LogP contribution in [0.2, 0.25) is 0 Å². The second kappa shape index (κ2) is 26.5. The van der Waals surface area contributed by atoms with Crippen LogP contribution in [-0.4, -0.2) is 48.1 Å². The van der Waals surface area contributed by atoms with Crippen LogP contribution >= 0.6 is 0 Å². The van der Waals surface area contributed by atoms with Gasteiger partial charge in [-0.15, -0.1) is 0 Å². The largest absolute Gasteiger partial charge is 0.489 e. The first-order valence-corrected chi connectivity index (χ1v) is 26.5.